The van der Waals surface area contributed by atoms with Gasteiger partial charge in [-0.15, -0.1) is 0 Å². The molecule has 1 spiro atoms. The molecule has 180 valence electrons. The second kappa shape index (κ2) is 7.71. The Kier molecular flexibility index (Phi) is 5.75. The zero-order valence-corrected chi connectivity index (χ0v) is 23.7. The van der Waals surface area contributed by atoms with E-state index in [0.29, 0.717) is 30.6 Å². The van der Waals surface area contributed by atoms with Crippen molar-refractivity contribution in [3.63, 3.8) is 0 Å². The van der Waals surface area contributed by atoms with Gasteiger partial charge in [0.2, 0.25) is 0 Å². The molecule has 2 unspecified atom stereocenters. The summed E-state index contributed by atoms with van der Waals surface area (Å²) in [6.07, 6.45) is 1.63. The van der Waals surface area contributed by atoms with Crippen LogP contribution in [0.1, 0.15) is 42.5 Å². The average molecular weight is 822 g/mol. The Morgan fingerprint density at radius 1 is 1.12 bits per heavy atom. The fourth-order valence-corrected chi connectivity index (χ4v) is 8.43. The molecule has 0 aromatic heterocycles. The van der Waals surface area contributed by atoms with Gasteiger partial charge in [-0.3, -0.25) is 4.55 Å². The lowest BCUT2D eigenvalue weighted by Gasteiger charge is -2.63. The highest BCUT2D eigenvalue weighted by Crippen LogP contribution is 2.64. The predicted molar refractivity (Wildman–Crippen MR) is 132 cm³/mol. The first kappa shape index (κ1) is 24.6. The number of ether oxygens (including phenoxy) is 3. The minimum absolute atomic E-state index is 0.0148. The SMILES string of the molecule is O=C1OC2(Oc3cc(I)c(I)c(I)c31)C1CC3CC2CC(OC(=O)C(F)(F)S(=O)(=O)O)(C3)C1. The second-order valence-corrected chi connectivity index (χ2v) is 13.8. The third-order valence-corrected chi connectivity index (χ3v) is 12.9. The van der Waals surface area contributed by atoms with Crippen LogP contribution in [0.4, 0.5) is 8.78 Å². The van der Waals surface area contributed by atoms with Crippen LogP contribution in [0.15, 0.2) is 6.07 Å². The van der Waals surface area contributed by atoms with Gasteiger partial charge in [0, 0.05) is 22.5 Å². The molecule has 8 nitrogen and oxygen atoms in total. The predicted octanol–water partition coefficient (Wildman–Crippen LogP) is 4.35. The Bertz CT molecular complexity index is 1190. The fraction of sp³-hybridized carbons (Fsp3) is 0.579. The van der Waals surface area contributed by atoms with Gasteiger partial charge in [0.1, 0.15) is 16.9 Å². The summed E-state index contributed by atoms with van der Waals surface area (Å²) in [5.74, 6) is -4.57. The van der Waals surface area contributed by atoms with Crippen molar-refractivity contribution in [3.8, 4) is 5.75 Å². The van der Waals surface area contributed by atoms with Gasteiger partial charge in [0.15, 0.2) is 0 Å². The van der Waals surface area contributed by atoms with Crippen LogP contribution >= 0.6 is 67.8 Å². The molecule has 6 rings (SSSR count). The lowest BCUT2D eigenvalue weighted by atomic mass is 9.51. The van der Waals surface area contributed by atoms with E-state index in [1.807, 2.05) is 0 Å². The van der Waals surface area contributed by atoms with E-state index in [2.05, 4.69) is 67.8 Å². The number of benzene rings is 1. The van der Waals surface area contributed by atoms with Crippen molar-refractivity contribution in [1.29, 1.82) is 0 Å². The number of rotatable bonds is 3. The molecular weight excluding hydrogens is 807 g/mol. The van der Waals surface area contributed by atoms with Crippen LogP contribution in [0.5, 0.6) is 5.75 Å². The van der Waals surface area contributed by atoms with Gasteiger partial charge in [-0.1, -0.05) is 0 Å². The first-order valence-corrected chi connectivity index (χ1v) is 14.5. The first-order chi connectivity index (χ1) is 15.2. The molecule has 33 heavy (non-hydrogen) atoms. The average Bonchev–Trinajstić information content (AvgIpc) is 2.68. The Morgan fingerprint density at radius 2 is 1.73 bits per heavy atom. The first-order valence-electron chi connectivity index (χ1n) is 9.87. The molecule has 4 bridgehead atoms. The normalized spacial score (nSPS) is 34.6. The number of carbonyl (C=O) groups excluding carboxylic acids is 2. The number of esters is 2. The summed E-state index contributed by atoms with van der Waals surface area (Å²) in [6.45, 7) is 0. The van der Waals surface area contributed by atoms with Crippen LogP contribution in [0.25, 0.3) is 0 Å². The number of fused-ring (bicyclic) bond motifs is 1. The van der Waals surface area contributed by atoms with Crippen molar-refractivity contribution in [3.05, 3.63) is 22.3 Å². The minimum atomic E-state index is -5.97. The molecule has 1 aliphatic heterocycles. The smallest absolute Gasteiger partial charge is 0.454 e. The maximum Gasteiger partial charge on any atom is 0.465 e. The van der Waals surface area contributed by atoms with Crippen LogP contribution in [0, 0.1) is 28.5 Å². The quantitative estimate of drug-likeness (QED) is 0.207. The highest BCUT2D eigenvalue weighted by atomic mass is 127. The molecule has 2 atom stereocenters. The standard InChI is InChI=1S/C19H15F2I3O8S/c20-19(21,33(27,28)29)16(26)32-17-4-7-1-8(5-17)18(9(2-7)6-17)30-11-3-10(22)13(23)14(24)12(11)15(25)31-18/h3,7-9H,1-2,4-6H2,(H,27,28,29). The minimum Gasteiger partial charge on any atom is -0.454 e. The van der Waals surface area contributed by atoms with Gasteiger partial charge in [-0.2, -0.15) is 17.2 Å². The molecule has 14 heteroatoms. The molecule has 1 aromatic rings. The summed E-state index contributed by atoms with van der Waals surface area (Å²) in [6, 6.07) is 1.77. The lowest BCUT2D eigenvalue weighted by Crippen LogP contribution is -2.69. The summed E-state index contributed by atoms with van der Waals surface area (Å²) in [5, 5.41) is -5.06. The Hall–Kier alpha value is -0.0800. The molecule has 0 amide bonds. The third-order valence-electron chi connectivity index (χ3n) is 6.99. The van der Waals surface area contributed by atoms with E-state index in [1.165, 1.54) is 0 Å². The van der Waals surface area contributed by atoms with Gasteiger partial charge in [0.05, 0.1) is 0 Å². The third kappa shape index (κ3) is 3.61. The topological polar surface area (TPSA) is 116 Å². The number of hydrogen-bond donors (Lipinski definition) is 1. The van der Waals surface area contributed by atoms with Gasteiger partial charge in [-0.05, 0) is 112 Å². The van der Waals surface area contributed by atoms with Gasteiger partial charge in [-0.25, -0.2) is 9.59 Å². The van der Waals surface area contributed by atoms with Crippen LogP contribution in [0.3, 0.4) is 0 Å². The monoisotopic (exact) mass is 822 g/mol. The summed E-state index contributed by atoms with van der Waals surface area (Å²) in [5.41, 5.74) is -0.994. The van der Waals surface area contributed by atoms with Gasteiger partial charge in [0.25, 0.3) is 5.79 Å². The molecule has 1 N–H and O–H groups in total. The summed E-state index contributed by atoms with van der Waals surface area (Å²) in [7, 11) is -5.97. The fourth-order valence-electron chi connectivity index (χ4n) is 5.91. The molecule has 1 heterocycles. The maximum absolute atomic E-state index is 13.9. The zero-order chi connectivity index (χ0) is 24.1. The molecule has 0 radical (unpaired) electrons. The molecular formula is C19H15F2I3O8S. The summed E-state index contributed by atoms with van der Waals surface area (Å²) < 4.78 is 78.4. The number of halogens is 5. The number of carbonyl (C=O) groups is 2. The number of hydrogen-bond acceptors (Lipinski definition) is 7. The molecule has 5 aliphatic rings. The Balaban J connectivity index is 1.48. The van der Waals surface area contributed by atoms with E-state index in [-0.39, 0.29) is 18.8 Å². The Labute approximate surface area is 228 Å². The van der Waals surface area contributed by atoms with Crippen molar-refractivity contribution in [2.24, 2.45) is 17.8 Å². The van der Waals surface area contributed by atoms with Crippen molar-refractivity contribution >= 4 is 89.8 Å². The van der Waals surface area contributed by atoms with Gasteiger partial charge >= 0.3 is 27.3 Å². The van der Waals surface area contributed by atoms with Crippen molar-refractivity contribution in [2.45, 2.75) is 48.7 Å². The zero-order valence-electron chi connectivity index (χ0n) is 16.4. The van der Waals surface area contributed by atoms with Crippen LogP contribution < -0.4 is 4.74 Å². The number of alkyl halides is 2. The van der Waals surface area contributed by atoms with E-state index in [4.69, 9.17) is 18.8 Å². The van der Waals surface area contributed by atoms with E-state index in [0.717, 1.165) is 10.7 Å². The van der Waals surface area contributed by atoms with E-state index in [1.54, 1.807) is 6.07 Å². The van der Waals surface area contributed by atoms with Crippen LogP contribution in [0.2, 0.25) is 0 Å². The highest BCUT2D eigenvalue weighted by Gasteiger charge is 2.69. The van der Waals surface area contributed by atoms with Crippen LogP contribution in [-0.2, 0) is 24.4 Å². The largest absolute Gasteiger partial charge is 0.465 e. The summed E-state index contributed by atoms with van der Waals surface area (Å²) in [4.78, 5) is 25.1. The highest BCUT2D eigenvalue weighted by molar-refractivity contribution is 14.1. The van der Waals surface area contributed by atoms with Gasteiger partial charge < -0.3 is 14.2 Å². The van der Waals surface area contributed by atoms with Crippen molar-refractivity contribution < 1.29 is 45.6 Å². The molecule has 1 aromatic carbocycles. The Morgan fingerprint density at radius 3 is 2.30 bits per heavy atom. The van der Waals surface area contributed by atoms with E-state index in [9.17, 15) is 26.8 Å². The van der Waals surface area contributed by atoms with E-state index < -0.39 is 50.5 Å². The molecule has 4 aliphatic carbocycles. The second-order valence-electron chi connectivity index (χ2n) is 8.98. The molecule has 0 saturated heterocycles. The van der Waals surface area contributed by atoms with Crippen LogP contribution in [-0.4, -0.2) is 41.6 Å². The maximum atomic E-state index is 13.9. The lowest BCUT2D eigenvalue weighted by molar-refractivity contribution is -0.309. The van der Waals surface area contributed by atoms with Crippen molar-refractivity contribution in [2.75, 3.05) is 0 Å². The van der Waals surface area contributed by atoms with E-state index >= 15 is 0 Å². The molecule has 4 fully saturated rings. The summed E-state index contributed by atoms with van der Waals surface area (Å²) >= 11 is 6.37. The molecule has 4 saturated carbocycles. The van der Waals surface area contributed by atoms with Crippen molar-refractivity contribution in [1.82, 2.24) is 0 Å².